The van der Waals surface area contributed by atoms with Crippen LogP contribution in [0.15, 0.2) is 18.2 Å². The second-order valence-corrected chi connectivity index (χ2v) is 5.94. The molecule has 0 aliphatic carbocycles. The smallest absolute Gasteiger partial charge is 0.0481 e. The van der Waals surface area contributed by atoms with Gasteiger partial charge in [-0.25, -0.2) is 0 Å². The Morgan fingerprint density at radius 1 is 1.17 bits per heavy atom. The molecule has 2 atom stereocenters. The second-order valence-electron chi connectivity index (χ2n) is 5.10. The number of hydrogen-bond donors (Lipinski definition) is 1. The molecule has 0 saturated carbocycles. The predicted octanol–water partition coefficient (Wildman–Crippen LogP) is 1.99. The van der Waals surface area contributed by atoms with E-state index in [1.165, 1.54) is 0 Å². The third kappa shape index (κ3) is 2.26. The summed E-state index contributed by atoms with van der Waals surface area (Å²) in [6, 6.07) is 5.81. The average Bonchev–Trinajstić information content (AvgIpc) is 2.42. The molecule has 0 amide bonds. The standard InChI is InChI=1S/C13H17Cl2N3/c14-9-1-2-11(15)10(7-9)13(16)12-8-17-3-5-18(12)6-4-17/h1-2,7,12-13H,3-6,8,16H2. The molecule has 3 aliphatic rings. The van der Waals surface area contributed by atoms with Gasteiger partial charge in [-0.1, -0.05) is 23.2 Å². The van der Waals surface area contributed by atoms with Crippen molar-refractivity contribution in [2.24, 2.45) is 5.73 Å². The normalized spacial score (nSPS) is 32.5. The van der Waals surface area contributed by atoms with Crippen molar-refractivity contribution in [3.8, 4) is 0 Å². The minimum Gasteiger partial charge on any atom is -0.323 e. The van der Waals surface area contributed by atoms with Crippen molar-refractivity contribution in [3.05, 3.63) is 33.8 Å². The first-order chi connectivity index (χ1) is 8.65. The summed E-state index contributed by atoms with van der Waals surface area (Å²) in [4.78, 5) is 4.95. The van der Waals surface area contributed by atoms with Crippen molar-refractivity contribution in [3.63, 3.8) is 0 Å². The van der Waals surface area contributed by atoms with Crippen LogP contribution in [0.25, 0.3) is 0 Å². The summed E-state index contributed by atoms with van der Waals surface area (Å²) in [5.41, 5.74) is 7.38. The molecule has 3 heterocycles. The Bertz CT molecular complexity index is 444. The Morgan fingerprint density at radius 3 is 2.50 bits per heavy atom. The Kier molecular flexibility index (Phi) is 3.52. The van der Waals surface area contributed by atoms with Gasteiger partial charge in [0.2, 0.25) is 0 Å². The number of hydrogen-bond acceptors (Lipinski definition) is 3. The van der Waals surface area contributed by atoms with Crippen molar-refractivity contribution < 1.29 is 0 Å². The average molecular weight is 286 g/mol. The van der Waals surface area contributed by atoms with Gasteiger partial charge in [-0.05, 0) is 23.8 Å². The van der Waals surface area contributed by atoms with Gasteiger partial charge in [0, 0.05) is 54.9 Å². The van der Waals surface area contributed by atoms with E-state index in [4.69, 9.17) is 28.9 Å². The van der Waals surface area contributed by atoms with Crippen LogP contribution in [0.2, 0.25) is 10.0 Å². The number of nitrogens with zero attached hydrogens (tertiary/aromatic N) is 2. The maximum absolute atomic E-state index is 6.41. The second kappa shape index (κ2) is 4.99. The van der Waals surface area contributed by atoms with Crippen LogP contribution in [-0.2, 0) is 0 Å². The Labute approximate surface area is 117 Å². The topological polar surface area (TPSA) is 32.5 Å². The highest BCUT2D eigenvalue weighted by atomic mass is 35.5. The van der Waals surface area contributed by atoms with E-state index in [0.29, 0.717) is 16.1 Å². The zero-order valence-corrected chi connectivity index (χ0v) is 11.7. The first kappa shape index (κ1) is 12.7. The first-order valence-electron chi connectivity index (χ1n) is 6.32. The third-order valence-corrected chi connectivity index (χ3v) is 4.63. The van der Waals surface area contributed by atoms with Gasteiger partial charge in [0.25, 0.3) is 0 Å². The van der Waals surface area contributed by atoms with Gasteiger partial charge < -0.3 is 5.73 Å². The molecule has 1 aromatic rings. The molecule has 0 radical (unpaired) electrons. The van der Waals surface area contributed by atoms with E-state index in [2.05, 4.69) is 9.80 Å². The zero-order valence-electron chi connectivity index (χ0n) is 10.1. The summed E-state index contributed by atoms with van der Waals surface area (Å²) in [7, 11) is 0. The molecule has 4 rings (SSSR count). The van der Waals surface area contributed by atoms with Gasteiger partial charge in [-0.2, -0.15) is 0 Å². The summed E-state index contributed by atoms with van der Waals surface area (Å²) in [6.07, 6.45) is 0. The van der Waals surface area contributed by atoms with E-state index < -0.39 is 0 Å². The van der Waals surface area contributed by atoms with Crippen LogP contribution in [-0.4, -0.2) is 48.6 Å². The molecule has 5 heteroatoms. The van der Waals surface area contributed by atoms with Gasteiger partial charge in [-0.15, -0.1) is 0 Å². The summed E-state index contributed by atoms with van der Waals surface area (Å²) >= 11 is 12.3. The number of rotatable bonds is 2. The van der Waals surface area contributed by atoms with Crippen molar-refractivity contribution in [1.29, 1.82) is 0 Å². The van der Waals surface area contributed by atoms with E-state index in [1.807, 2.05) is 12.1 Å². The number of fused-ring (bicyclic) bond motifs is 3. The highest BCUT2D eigenvalue weighted by Crippen LogP contribution is 2.31. The lowest BCUT2D eigenvalue weighted by Crippen LogP contribution is -2.63. The summed E-state index contributed by atoms with van der Waals surface area (Å²) in [5.74, 6) is 0. The van der Waals surface area contributed by atoms with Gasteiger partial charge >= 0.3 is 0 Å². The summed E-state index contributed by atoms with van der Waals surface area (Å²) < 4.78 is 0. The lowest BCUT2D eigenvalue weighted by molar-refractivity contribution is 0.00216. The minimum atomic E-state index is -0.0701. The number of benzene rings is 1. The fourth-order valence-electron chi connectivity index (χ4n) is 2.98. The number of halogens is 2. The molecule has 0 spiro atoms. The molecule has 2 unspecified atom stereocenters. The Hall–Kier alpha value is -0.320. The van der Waals surface area contributed by atoms with E-state index in [0.717, 1.165) is 38.3 Å². The lowest BCUT2D eigenvalue weighted by Gasteiger charge is -2.49. The van der Waals surface area contributed by atoms with Gasteiger partial charge in [0.15, 0.2) is 0 Å². The van der Waals surface area contributed by atoms with Gasteiger partial charge in [-0.3, -0.25) is 9.80 Å². The molecule has 2 N–H and O–H groups in total. The fourth-order valence-corrected chi connectivity index (χ4v) is 3.40. The van der Waals surface area contributed by atoms with Crippen molar-refractivity contribution >= 4 is 23.2 Å². The molecule has 3 fully saturated rings. The third-order valence-electron chi connectivity index (χ3n) is 4.05. The summed E-state index contributed by atoms with van der Waals surface area (Å²) in [5, 5.41) is 1.41. The molecule has 1 aromatic carbocycles. The maximum atomic E-state index is 6.41. The molecular formula is C13H17Cl2N3. The van der Waals surface area contributed by atoms with Crippen molar-refractivity contribution in [1.82, 2.24) is 9.80 Å². The molecular weight excluding hydrogens is 269 g/mol. The molecule has 2 bridgehead atoms. The van der Waals surface area contributed by atoms with Crippen LogP contribution in [0, 0.1) is 0 Å². The fraction of sp³-hybridized carbons (Fsp3) is 0.538. The molecule has 18 heavy (non-hydrogen) atoms. The molecule has 0 aromatic heterocycles. The molecule has 3 saturated heterocycles. The van der Waals surface area contributed by atoms with Crippen LogP contribution >= 0.6 is 23.2 Å². The van der Waals surface area contributed by atoms with Crippen LogP contribution in [0.1, 0.15) is 11.6 Å². The van der Waals surface area contributed by atoms with Crippen molar-refractivity contribution in [2.75, 3.05) is 32.7 Å². The predicted molar refractivity (Wildman–Crippen MR) is 75.2 cm³/mol. The maximum Gasteiger partial charge on any atom is 0.0481 e. The molecule has 98 valence electrons. The van der Waals surface area contributed by atoms with Crippen molar-refractivity contribution in [2.45, 2.75) is 12.1 Å². The SMILES string of the molecule is NC(c1cc(Cl)ccc1Cl)C1CN2CCN1CC2. The first-order valence-corrected chi connectivity index (χ1v) is 7.07. The van der Waals surface area contributed by atoms with E-state index in [9.17, 15) is 0 Å². The van der Waals surface area contributed by atoms with Gasteiger partial charge in [0.1, 0.15) is 0 Å². The lowest BCUT2D eigenvalue weighted by atomic mass is 9.95. The summed E-state index contributed by atoms with van der Waals surface area (Å²) in [6.45, 7) is 5.57. The zero-order chi connectivity index (χ0) is 12.7. The van der Waals surface area contributed by atoms with Crippen LogP contribution in [0.3, 0.4) is 0 Å². The molecule has 3 aliphatic heterocycles. The largest absolute Gasteiger partial charge is 0.323 e. The number of piperazine rings is 3. The van der Waals surface area contributed by atoms with E-state index >= 15 is 0 Å². The van der Waals surface area contributed by atoms with Crippen LogP contribution in [0.4, 0.5) is 0 Å². The van der Waals surface area contributed by atoms with E-state index in [1.54, 1.807) is 6.07 Å². The number of nitrogens with two attached hydrogens (primary N) is 1. The van der Waals surface area contributed by atoms with Crippen LogP contribution < -0.4 is 5.73 Å². The van der Waals surface area contributed by atoms with Crippen LogP contribution in [0.5, 0.6) is 0 Å². The molecule has 3 nitrogen and oxygen atoms in total. The highest BCUT2D eigenvalue weighted by Gasteiger charge is 2.36. The minimum absolute atomic E-state index is 0.0701. The van der Waals surface area contributed by atoms with E-state index in [-0.39, 0.29) is 6.04 Å². The Morgan fingerprint density at radius 2 is 1.89 bits per heavy atom. The monoisotopic (exact) mass is 285 g/mol. The highest BCUT2D eigenvalue weighted by molar-refractivity contribution is 6.33. The Balaban J connectivity index is 1.85. The quantitative estimate of drug-likeness (QED) is 0.902. The van der Waals surface area contributed by atoms with Gasteiger partial charge in [0.05, 0.1) is 0 Å².